The summed E-state index contributed by atoms with van der Waals surface area (Å²) in [5.74, 6) is -0.456. The highest BCUT2D eigenvalue weighted by Gasteiger charge is 2.11. The molecule has 2 rings (SSSR count). The van der Waals surface area contributed by atoms with Crippen molar-refractivity contribution < 1.29 is 9.59 Å². The molecule has 2 aromatic rings. The summed E-state index contributed by atoms with van der Waals surface area (Å²) in [5.41, 5.74) is 0.686. The number of nitrogens with zero attached hydrogens (tertiary/aromatic N) is 2. The van der Waals surface area contributed by atoms with Gasteiger partial charge in [-0.1, -0.05) is 30.4 Å². The summed E-state index contributed by atoms with van der Waals surface area (Å²) in [6.07, 6.45) is 2.03. The summed E-state index contributed by atoms with van der Waals surface area (Å²) in [4.78, 5) is 23.7. The number of aromatic nitrogens is 2. The lowest BCUT2D eigenvalue weighted by atomic mass is 10.2. The van der Waals surface area contributed by atoms with Crippen LogP contribution < -0.4 is 10.6 Å². The van der Waals surface area contributed by atoms with Crippen molar-refractivity contribution in [2.45, 2.75) is 32.6 Å². The minimum Gasteiger partial charge on any atom is -0.325 e. The molecule has 122 valence electrons. The Balaban J connectivity index is 1.77. The fraction of sp³-hybridized carbons (Fsp3) is 0.333. The van der Waals surface area contributed by atoms with E-state index in [-0.39, 0.29) is 24.7 Å². The van der Waals surface area contributed by atoms with Crippen LogP contribution in [0.25, 0.3) is 0 Å². The summed E-state index contributed by atoms with van der Waals surface area (Å²) in [5, 5.41) is 14.7. The smallest absolute Gasteiger partial charge is 0.226 e. The predicted molar refractivity (Wildman–Crippen MR) is 94.5 cm³/mol. The van der Waals surface area contributed by atoms with E-state index in [1.54, 1.807) is 6.07 Å². The van der Waals surface area contributed by atoms with Crippen molar-refractivity contribution in [1.29, 1.82) is 0 Å². The lowest BCUT2D eigenvalue weighted by Gasteiger charge is -2.06. The van der Waals surface area contributed by atoms with E-state index in [2.05, 4.69) is 43.7 Å². The Morgan fingerprint density at radius 2 is 1.83 bits per heavy atom. The van der Waals surface area contributed by atoms with Crippen LogP contribution in [0.2, 0.25) is 0 Å². The first-order valence-electron chi connectivity index (χ1n) is 7.25. The van der Waals surface area contributed by atoms with Gasteiger partial charge in [-0.25, -0.2) is 0 Å². The van der Waals surface area contributed by atoms with E-state index < -0.39 is 0 Å². The molecule has 0 aliphatic carbocycles. The maximum Gasteiger partial charge on any atom is 0.226 e. The number of benzene rings is 1. The monoisotopic (exact) mass is 396 g/mol. The van der Waals surface area contributed by atoms with Gasteiger partial charge in [-0.15, -0.1) is 10.2 Å². The van der Waals surface area contributed by atoms with E-state index in [1.165, 1.54) is 11.3 Å². The number of carbonyl (C=O) groups is 2. The second kappa shape index (κ2) is 8.73. The Morgan fingerprint density at radius 3 is 2.52 bits per heavy atom. The topological polar surface area (TPSA) is 84.0 Å². The van der Waals surface area contributed by atoms with Crippen molar-refractivity contribution >= 4 is 49.9 Å². The fourth-order valence-electron chi connectivity index (χ4n) is 1.80. The highest BCUT2D eigenvalue weighted by atomic mass is 79.9. The number of hydrogen-bond donors (Lipinski definition) is 2. The zero-order valence-electron chi connectivity index (χ0n) is 12.6. The zero-order valence-corrected chi connectivity index (χ0v) is 15.0. The number of anilines is 2. The molecule has 0 saturated carbocycles. The molecule has 6 nitrogen and oxygen atoms in total. The van der Waals surface area contributed by atoms with E-state index in [1.807, 2.05) is 18.2 Å². The molecule has 2 N–H and O–H groups in total. The Morgan fingerprint density at radius 1 is 1.13 bits per heavy atom. The van der Waals surface area contributed by atoms with Crippen LogP contribution in [0.5, 0.6) is 0 Å². The number of amides is 2. The third kappa shape index (κ3) is 5.72. The average Bonchev–Trinajstić information content (AvgIpc) is 2.95. The summed E-state index contributed by atoms with van der Waals surface area (Å²) in [7, 11) is 0. The van der Waals surface area contributed by atoms with Crippen molar-refractivity contribution in [1.82, 2.24) is 10.2 Å². The van der Waals surface area contributed by atoms with Crippen molar-refractivity contribution in [3.05, 3.63) is 33.7 Å². The van der Waals surface area contributed by atoms with E-state index in [4.69, 9.17) is 0 Å². The molecule has 0 radical (unpaired) electrons. The van der Waals surface area contributed by atoms with Crippen molar-refractivity contribution in [2.24, 2.45) is 0 Å². The van der Waals surface area contributed by atoms with E-state index >= 15 is 0 Å². The maximum atomic E-state index is 11.9. The number of carbonyl (C=O) groups excluding carboxylic acids is 2. The van der Waals surface area contributed by atoms with E-state index in [0.29, 0.717) is 10.8 Å². The Labute approximate surface area is 146 Å². The van der Waals surface area contributed by atoms with Gasteiger partial charge in [0.15, 0.2) is 0 Å². The largest absolute Gasteiger partial charge is 0.325 e. The molecular formula is C15H17BrN4O2S. The van der Waals surface area contributed by atoms with Crippen LogP contribution in [0, 0.1) is 0 Å². The normalized spacial score (nSPS) is 10.3. The first-order chi connectivity index (χ1) is 11.1. The van der Waals surface area contributed by atoms with Crippen molar-refractivity contribution in [2.75, 3.05) is 10.6 Å². The van der Waals surface area contributed by atoms with Crippen LogP contribution in [-0.4, -0.2) is 22.0 Å². The number of nitrogens with one attached hydrogen (secondary N) is 2. The second-order valence-corrected chi connectivity index (χ2v) is 6.74. The molecule has 0 saturated heterocycles. The van der Waals surface area contributed by atoms with Crippen molar-refractivity contribution in [3.8, 4) is 0 Å². The average molecular weight is 397 g/mol. The maximum absolute atomic E-state index is 11.9. The molecule has 0 atom stereocenters. The van der Waals surface area contributed by atoms with Gasteiger partial charge in [0.05, 0.1) is 5.69 Å². The van der Waals surface area contributed by atoms with Crippen LogP contribution in [0.15, 0.2) is 28.7 Å². The van der Waals surface area contributed by atoms with Crippen LogP contribution >= 0.6 is 27.3 Å². The molecule has 0 bridgehead atoms. The Kier molecular flexibility index (Phi) is 6.66. The lowest BCUT2D eigenvalue weighted by Crippen LogP contribution is -2.17. The van der Waals surface area contributed by atoms with Gasteiger partial charge in [0.25, 0.3) is 0 Å². The third-order valence-electron chi connectivity index (χ3n) is 2.90. The molecule has 8 heteroatoms. The SMILES string of the molecule is CCCc1nnc(NC(=O)CCC(=O)Nc2ccccc2Br)s1. The van der Waals surface area contributed by atoms with Gasteiger partial charge in [0, 0.05) is 23.7 Å². The molecule has 0 aliphatic heterocycles. The summed E-state index contributed by atoms with van der Waals surface area (Å²) < 4.78 is 0.801. The van der Waals surface area contributed by atoms with E-state index in [0.717, 1.165) is 22.3 Å². The van der Waals surface area contributed by atoms with Gasteiger partial charge in [-0.2, -0.15) is 0 Å². The number of hydrogen-bond acceptors (Lipinski definition) is 5. The fourth-order valence-corrected chi connectivity index (χ4v) is 3.04. The molecule has 1 heterocycles. The summed E-state index contributed by atoms with van der Waals surface area (Å²) >= 11 is 4.72. The molecule has 23 heavy (non-hydrogen) atoms. The summed E-state index contributed by atoms with van der Waals surface area (Å²) in [6, 6.07) is 7.32. The minimum atomic E-state index is -0.244. The van der Waals surface area contributed by atoms with Crippen LogP contribution in [0.1, 0.15) is 31.2 Å². The number of halogens is 1. The van der Waals surface area contributed by atoms with Gasteiger partial charge in [0.1, 0.15) is 5.01 Å². The highest BCUT2D eigenvalue weighted by molar-refractivity contribution is 9.10. The molecule has 1 aromatic heterocycles. The summed E-state index contributed by atoms with van der Waals surface area (Å²) in [6.45, 7) is 2.06. The number of aryl methyl sites for hydroxylation is 1. The number of para-hydroxylation sites is 1. The first kappa shape index (κ1) is 17.6. The Bertz CT molecular complexity index is 690. The molecule has 2 amide bonds. The molecule has 0 spiro atoms. The standard InChI is InChI=1S/C15H17BrN4O2S/c1-2-5-14-19-20-15(23-14)18-13(22)9-8-12(21)17-11-7-4-3-6-10(11)16/h3-4,6-7H,2,5,8-9H2,1H3,(H,17,21)(H,18,20,22). The number of rotatable bonds is 7. The second-order valence-electron chi connectivity index (χ2n) is 4.83. The molecule has 1 aromatic carbocycles. The Hall–Kier alpha value is -1.80. The molecular weight excluding hydrogens is 380 g/mol. The quantitative estimate of drug-likeness (QED) is 0.748. The zero-order chi connectivity index (χ0) is 16.7. The van der Waals surface area contributed by atoms with Crippen LogP contribution in [0.4, 0.5) is 10.8 Å². The minimum absolute atomic E-state index is 0.0962. The van der Waals surface area contributed by atoms with E-state index in [9.17, 15) is 9.59 Å². The van der Waals surface area contributed by atoms with Gasteiger partial charge in [-0.05, 0) is 34.5 Å². The molecule has 0 aliphatic rings. The predicted octanol–water partition coefficient (Wildman–Crippen LogP) is 3.61. The van der Waals surface area contributed by atoms with Gasteiger partial charge < -0.3 is 10.6 Å². The van der Waals surface area contributed by atoms with Gasteiger partial charge in [-0.3, -0.25) is 9.59 Å². The van der Waals surface area contributed by atoms with Gasteiger partial charge in [0.2, 0.25) is 16.9 Å². The van der Waals surface area contributed by atoms with Gasteiger partial charge >= 0.3 is 0 Å². The first-order valence-corrected chi connectivity index (χ1v) is 8.86. The molecule has 0 fully saturated rings. The highest BCUT2D eigenvalue weighted by Crippen LogP contribution is 2.21. The van der Waals surface area contributed by atoms with Crippen molar-refractivity contribution in [3.63, 3.8) is 0 Å². The van der Waals surface area contributed by atoms with Crippen LogP contribution in [0.3, 0.4) is 0 Å². The lowest BCUT2D eigenvalue weighted by molar-refractivity contribution is -0.121. The van der Waals surface area contributed by atoms with Crippen LogP contribution in [-0.2, 0) is 16.0 Å². The molecule has 0 unspecified atom stereocenters. The third-order valence-corrected chi connectivity index (χ3v) is 4.49.